The Hall–Kier alpha value is -1.95. The molecule has 0 saturated heterocycles. The molecule has 1 rings (SSSR count). The highest BCUT2D eigenvalue weighted by molar-refractivity contribution is 5.90. The van der Waals surface area contributed by atoms with Gasteiger partial charge in [0.15, 0.2) is 0 Å². The molecule has 0 aliphatic rings. The van der Waals surface area contributed by atoms with E-state index in [-0.39, 0.29) is 12.6 Å². The van der Waals surface area contributed by atoms with Crippen LogP contribution in [0.5, 0.6) is 0 Å². The minimum absolute atomic E-state index is 0.236. The van der Waals surface area contributed by atoms with Gasteiger partial charge in [-0.3, -0.25) is 0 Å². The average molecular weight is 202 g/mol. The summed E-state index contributed by atoms with van der Waals surface area (Å²) in [6.45, 7) is 2.28. The van der Waals surface area contributed by atoms with Crippen molar-refractivity contribution < 1.29 is 4.79 Å². The number of carbonyl (C=O) groups excluding carboxylic acids is 1. The first-order valence-electron chi connectivity index (χ1n) is 4.84. The van der Waals surface area contributed by atoms with Gasteiger partial charge in [0, 0.05) is 5.69 Å². The summed E-state index contributed by atoms with van der Waals surface area (Å²) in [6, 6.07) is 7.42. The summed E-state index contributed by atoms with van der Waals surface area (Å²) in [5.41, 5.74) is 1.93. The maximum atomic E-state index is 11.3. The van der Waals surface area contributed by atoms with Crippen LogP contribution in [-0.4, -0.2) is 12.6 Å². The zero-order valence-corrected chi connectivity index (χ0v) is 8.71. The van der Waals surface area contributed by atoms with Crippen LogP contribution in [0.4, 0.5) is 10.5 Å². The molecule has 0 radical (unpaired) electrons. The number of urea groups is 1. The van der Waals surface area contributed by atoms with Crippen molar-refractivity contribution in [3.8, 4) is 12.3 Å². The first-order valence-corrected chi connectivity index (χ1v) is 4.84. The Morgan fingerprint density at radius 1 is 1.47 bits per heavy atom. The highest BCUT2D eigenvalue weighted by Gasteiger charge is 2.03. The predicted octanol–water partition coefficient (Wildman–Crippen LogP) is 2.00. The molecule has 0 spiro atoms. The molecule has 0 heterocycles. The Morgan fingerprint density at radius 2 is 2.20 bits per heavy atom. The number of amides is 2. The van der Waals surface area contributed by atoms with Crippen LogP contribution in [-0.2, 0) is 6.42 Å². The van der Waals surface area contributed by atoms with E-state index in [4.69, 9.17) is 6.42 Å². The van der Waals surface area contributed by atoms with Crippen molar-refractivity contribution in [3.63, 3.8) is 0 Å². The van der Waals surface area contributed by atoms with Gasteiger partial charge >= 0.3 is 6.03 Å². The third kappa shape index (κ3) is 3.35. The number of anilines is 1. The van der Waals surface area contributed by atoms with Crippen LogP contribution < -0.4 is 10.6 Å². The van der Waals surface area contributed by atoms with Crippen LogP contribution in [0.15, 0.2) is 24.3 Å². The number of hydrogen-bond acceptors (Lipinski definition) is 1. The minimum atomic E-state index is -0.270. The molecule has 0 atom stereocenters. The maximum absolute atomic E-state index is 11.3. The predicted molar refractivity (Wildman–Crippen MR) is 61.7 cm³/mol. The molecule has 78 valence electrons. The molecule has 0 unspecified atom stereocenters. The molecule has 2 N–H and O–H groups in total. The molecule has 15 heavy (non-hydrogen) atoms. The second kappa shape index (κ2) is 5.71. The van der Waals surface area contributed by atoms with Crippen molar-refractivity contribution in [2.75, 3.05) is 11.9 Å². The van der Waals surface area contributed by atoms with E-state index in [9.17, 15) is 4.79 Å². The van der Waals surface area contributed by atoms with Crippen molar-refractivity contribution in [2.24, 2.45) is 0 Å². The van der Waals surface area contributed by atoms with E-state index in [0.29, 0.717) is 0 Å². The van der Waals surface area contributed by atoms with Gasteiger partial charge in [0.1, 0.15) is 0 Å². The van der Waals surface area contributed by atoms with Gasteiger partial charge < -0.3 is 10.6 Å². The van der Waals surface area contributed by atoms with Crippen molar-refractivity contribution in [1.82, 2.24) is 5.32 Å². The molecule has 0 bridgehead atoms. The second-order valence-corrected chi connectivity index (χ2v) is 3.02. The fourth-order valence-electron chi connectivity index (χ4n) is 1.25. The normalized spacial score (nSPS) is 9.07. The van der Waals surface area contributed by atoms with Crippen LogP contribution in [0.1, 0.15) is 12.5 Å². The SMILES string of the molecule is C#CCNC(=O)Nc1ccccc1CC. The first-order chi connectivity index (χ1) is 7.27. The third-order valence-corrected chi connectivity index (χ3v) is 2.00. The molecule has 3 heteroatoms. The van der Waals surface area contributed by atoms with E-state index in [1.165, 1.54) is 0 Å². The highest BCUT2D eigenvalue weighted by atomic mass is 16.2. The Bertz CT molecular complexity index is 379. The lowest BCUT2D eigenvalue weighted by Gasteiger charge is -2.09. The molecule has 1 aromatic carbocycles. The molecule has 2 amide bonds. The standard InChI is InChI=1S/C12H14N2O/c1-3-9-13-12(15)14-11-8-6-5-7-10(11)4-2/h1,5-8H,4,9H2,2H3,(H2,13,14,15). The lowest BCUT2D eigenvalue weighted by molar-refractivity contribution is 0.253. The molecular formula is C12H14N2O. The van der Waals surface area contributed by atoms with E-state index in [0.717, 1.165) is 17.7 Å². The van der Waals surface area contributed by atoms with E-state index < -0.39 is 0 Å². The topological polar surface area (TPSA) is 41.1 Å². The number of para-hydroxylation sites is 1. The molecular weight excluding hydrogens is 188 g/mol. The lowest BCUT2D eigenvalue weighted by Crippen LogP contribution is -2.29. The Kier molecular flexibility index (Phi) is 4.24. The van der Waals surface area contributed by atoms with Gasteiger partial charge in [0.2, 0.25) is 0 Å². The van der Waals surface area contributed by atoms with E-state index >= 15 is 0 Å². The number of rotatable bonds is 3. The van der Waals surface area contributed by atoms with Crippen molar-refractivity contribution in [2.45, 2.75) is 13.3 Å². The van der Waals surface area contributed by atoms with Crippen molar-refractivity contribution in [3.05, 3.63) is 29.8 Å². The second-order valence-electron chi connectivity index (χ2n) is 3.02. The molecule has 0 fully saturated rings. The molecule has 3 nitrogen and oxygen atoms in total. The summed E-state index contributed by atoms with van der Waals surface area (Å²) in [5, 5.41) is 5.30. The highest BCUT2D eigenvalue weighted by Crippen LogP contribution is 2.14. The molecule has 0 aliphatic carbocycles. The monoisotopic (exact) mass is 202 g/mol. The van der Waals surface area contributed by atoms with Gasteiger partial charge in [-0.1, -0.05) is 31.0 Å². The number of nitrogens with one attached hydrogen (secondary N) is 2. The summed E-state index contributed by atoms with van der Waals surface area (Å²) < 4.78 is 0. The number of aryl methyl sites for hydroxylation is 1. The van der Waals surface area contributed by atoms with Crippen molar-refractivity contribution in [1.29, 1.82) is 0 Å². The molecule has 0 aliphatic heterocycles. The quantitative estimate of drug-likeness (QED) is 0.723. The van der Waals surface area contributed by atoms with Gasteiger partial charge in [0.05, 0.1) is 6.54 Å². The Balaban J connectivity index is 2.64. The zero-order valence-electron chi connectivity index (χ0n) is 8.71. The molecule has 0 aromatic heterocycles. The van der Waals surface area contributed by atoms with E-state index in [1.807, 2.05) is 31.2 Å². The number of benzene rings is 1. The van der Waals surface area contributed by atoms with Gasteiger partial charge in [-0.15, -0.1) is 6.42 Å². The maximum Gasteiger partial charge on any atom is 0.320 e. The molecule has 0 saturated carbocycles. The largest absolute Gasteiger partial charge is 0.327 e. The Morgan fingerprint density at radius 3 is 2.87 bits per heavy atom. The smallest absolute Gasteiger partial charge is 0.320 e. The van der Waals surface area contributed by atoms with Gasteiger partial charge in [-0.05, 0) is 18.1 Å². The Labute approximate surface area is 89.9 Å². The van der Waals surface area contributed by atoms with Crippen LogP contribution in [0.2, 0.25) is 0 Å². The number of terminal acetylenes is 1. The van der Waals surface area contributed by atoms with Gasteiger partial charge in [0.25, 0.3) is 0 Å². The molecule has 1 aromatic rings. The fourth-order valence-corrected chi connectivity index (χ4v) is 1.25. The van der Waals surface area contributed by atoms with Gasteiger partial charge in [-0.25, -0.2) is 4.79 Å². The summed E-state index contributed by atoms with van der Waals surface area (Å²) in [5.74, 6) is 2.34. The summed E-state index contributed by atoms with van der Waals surface area (Å²) in [7, 11) is 0. The zero-order chi connectivity index (χ0) is 11.1. The van der Waals surface area contributed by atoms with Crippen LogP contribution in [0, 0.1) is 12.3 Å². The van der Waals surface area contributed by atoms with Crippen LogP contribution >= 0.6 is 0 Å². The average Bonchev–Trinajstić information content (AvgIpc) is 2.27. The fraction of sp³-hybridized carbons (Fsp3) is 0.250. The first kappa shape index (κ1) is 11.1. The minimum Gasteiger partial charge on any atom is -0.327 e. The van der Waals surface area contributed by atoms with Crippen LogP contribution in [0.25, 0.3) is 0 Å². The van der Waals surface area contributed by atoms with E-state index in [1.54, 1.807) is 0 Å². The summed E-state index contributed by atoms with van der Waals surface area (Å²) >= 11 is 0. The van der Waals surface area contributed by atoms with Crippen molar-refractivity contribution >= 4 is 11.7 Å². The number of hydrogen-bond donors (Lipinski definition) is 2. The number of carbonyl (C=O) groups is 1. The van der Waals surface area contributed by atoms with E-state index in [2.05, 4.69) is 16.6 Å². The van der Waals surface area contributed by atoms with Crippen LogP contribution in [0.3, 0.4) is 0 Å². The summed E-state index contributed by atoms with van der Waals surface area (Å²) in [6.07, 6.45) is 5.91. The lowest BCUT2D eigenvalue weighted by atomic mass is 10.1. The summed E-state index contributed by atoms with van der Waals surface area (Å²) in [4.78, 5) is 11.3. The third-order valence-electron chi connectivity index (χ3n) is 2.00. The van der Waals surface area contributed by atoms with Gasteiger partial charge in [-0.2, -0.15) is 0 Å².